The van der Waals surface area contributed by atoms with Gasteiger partial charge in [0.1, 0.15) is 11.3 Å². The number of rotatable bonds is 3. The maximum Gasteiger partial charge on any atom is 0.263 e. The molecule has 0 aliphatic heterocycles. The van der Waals surface area contributed by atoms with Crippen LogP contribution in [0.2, 0.25) is 0 Å². The molecule has 1 saturated carbocycles. The summed E-state index contributed by atoms with van der Waals surface area (Å²) in [5.41, 5.74) is 0.448. The third-order valence-electron chi connectivity index (χ3n) is 4.10. The van der Waals surface area contributed by atoms with E-state index in [4.69, 9.17) is 0 Å². The van der Waals surface area contributed by atoms with E-state index in [1.165, 1.54) is 25.3 Å². The van der Waals surface area contributed by atoms with E-state index >= 15 is 0 Å². The molecule has 24 heavy (non-hydrogen) atoms. The molecule has 0 radical (unpaired) electrons. The fraction of sp³-hybridized carbons (Fsp3) is 0.600. The first-order valence-corrected chi connectivity index (χ1v) is 9.15. The molecule has 4 heteroatoms. The Morgan fingerprint density at radius 3 is 2.17 bits per heavy atom. The Morgan fingerprint density at radius 2 is 1.62 bits per heavy atom. The lowest BCUT2D eigenvalue weighted by molar-refractivity contribution is 0.104. The minimum Gasteiger partial charge on any atom is -0.507 e. The van der Waals surface area contributed by atoms with Crippen molar-refractivity contribution >= 4 is 5.78 Å². The Labute approximate surface area is 146 Å². The van der Waals surface area contributed by atoms with Gasteiger partial charge in [0.25, 0.3) is 5.56 Å². The van der Waals surface area contributed by atoms with E-state index in [9.17, 15) is 14.7 Å². The lowest BCUT2D eigenvalue weighted by Gasteiger charge is -2.17. The summed E-state index contributed by atoms with van der Waals surface area (Å²) in [7, 11) is 0. The molecule has 136 valence electrons. The van der Waals surface area contributed by atoms with Crippen LogP contribution < -0.4 is 5.56 Å². The van der Waals surface area contributed by atoms with Gasteiger partial charge in [0.05, 0.1) is 0 Å². The van der Waals surface area contributed by atoms with Gasteiger partial charge in [0.2, 0.25) is 0 Å². The Morgan fingerprint density at radius 1 is 1.08 bits per heavy atom. The van der Waals surface area contributed by atoms with Crippen LogP contribution in [0.15, 0.2) is 16.9 Å². The van der Waals surface area contributed by atoms with E-state index in [-0.39, 0.29) is 11.3 Å². The quantitative estimate of drug-likeness (QED) is 0.598. The Hall–Kier alpha value is -1.84. The molecule has 2 rings (SSSR count). The third kappa shape index (κ3) is 5.99. The van der Waals surface area contributed by atoms with Crippen LogP contribution in [0.3, 0.4) is 0 Å². The van der Waals surface area contributed by atoms with Crippen molar-refractivity contribution in [2.75, 3.05) is 0 Å². The standard InChI is InChI=1S/C16H21NO3.2C2H6/c1-10-11(2)17-16(20)14(15(10)19)13(18)9-8-12-6-4-3-5-7-12;2*1-2/h8-9,12H,3-7H2,1-2H3,(H2,17,19,20);2*1-2H3/b9-8+;;. The van der Waals surface area contributed by atoms with Gasteiger partial charge in [-0.15, -0.1) is 0 Å². The second-order valence-corrected chi connectivity index (χ2v) is 5.55. The molecule has 2 N–H and O–H groups in total. The number of H-pyrrole nitrogens is 1. The van der Waals surface area contributed by atoms with Crippen LogP contribution in [0.4, 0.5) is 0 Å². The number of aromatic amines is 1. The molecule has 1 aliphatic carbocycles. The lowest BCUT2D eigenvalue weighted by Crippen LogP contribution is -2.19. The number of ketones is 1. The van der Waals surface area contributed by atoms with Crippen LogP contribution in [0, 0.1) is 19.8 Å². The molecule has 1 heterocycles. The number of pyridine rings is 1. The fourth-order valence-electron chi connectivity index (χ4n) is 2.66. The first kappa shape index (κ1) is 22.2. The molecule has 1 aliphatic rings. The Balaban J connectivity index is 0.00000123. The highest BCUT2D eigenvalue weighted by molar-refractivity contribution is 6.06. The first-order chi connectivity index (χ1) is 11.5. The van der Waals surface area contributed by atoms with Crippen LogP contribution in [-0.4, -0.2) is 15.9 Å². The fourth-order valence-corrected chi connectivity index (χ4v) is 2.66. The number of hydrogen-bond acceptors (Lipinski definition) is 3. The van der Waals surface area contributed by atoms with Crippen molar-refractivity contribution < 1.29 is 9.90 Å². The minimum absolute atomic E-state index is 0.153. The van der Waals surface area contributed by atoms with Crippen molar-refractivity contribution in [1.29, 1.82) is 0 Å². The predicted molar refractivity (Wildman–Crippen MR) is 101 cm³/mol. The zero-order valence-electron chi connectivity index (χ0n) is 16.0. The molecule has 0 spiro atoms. The molecule has 0 unspecified atom stereocenters. The summed E-state index contributed by atoms with van der Waals surface area (Å²) < 4.78 is 0. The molecule has 4 nitrogen and oxygen atoms in total. The Kier molecular flexibility index (Phi) is 10.8. The van der Waals surface area contributed by atoms with Crippen LogP contribution in [0.25, 0.3) is 0 Å². The van der Waals surface area contributed by atoms with Gasteiger partial charge in [-0.3, -0.25) is 9.59 Å². The SMILES string of the molecule is CC.CC.Cc1[nH]c(=O)c(C(=O)/C=C/C2CCCCC2)c(O)c1C. The van der Waals surface area contributed by atoms with Crippen molar-refractivity contribution in [1.82, 2.24) is 4.98 Å². The van der Waals surface area contributed by atoms with Crippen LogP contribution in [-0.2, 0) is 0 Å². The first-order valence-electron chi connectivity index (χ1n) is 9.15. The molecule has 0 saturated heterocycles. The molecule has 1 aromatic heterocycles. The molecule has 0 aromatic carbocycles. The largest absolute Gasteiger partial charge is 0.507 e. The number of carbonyl (C=O) groups excluding carboxylic acids is 1. The summed E-state index contributed by atoms with van der Waals surface area (Å²) in [4.78, 5) is 26.6. The highest BCUT2D eigenvalue weighted by Crippen LogP contribution is 2.25. The molecular formula is C20H33NO3. The average Bonchev–Trinajstić information content (AvgIpc) is 2.62. The zero-order chi connectivity index (χ0) is 18.7. The van der Waals surface area contributed by atoms with Gasteiger partial charge < -0.3 is 10.1 Å². The summed E-state index contributed by atoms with van der Waals surface area (Å²) in [6, 6.07) is 0. The van der Waals surface area contributed by atoms with Crippen molar-refractivity contribution in [2.45, 2.75) is 73.6 Å². The smallest absolute Gasteiger partial charge is 0.263 e. The normalized spacial score (nSPS) is 14.4. The molecule has 0 bridgehead atoms. The van der Waals surface area contributed by atoms with E-state index in [1.807, 2.05) is 33.8 Å². The number of nitrogens with one attached hydrogen (secondary N) is 1. The number of carbonyl (C=O) groups is 1. The second-order valence-electron chi connectivity index (χ2n) is 5.55. The molecule has 0 amide bonds. The van der Waals surface area contributed by atoms with Gasteiger partial charge in [0, 0.05) is 11.3 Å². The monoisotopic (exact) mass is 335 g/mol. The number of hydrogen-bond donors (Lipinski definition) is 2. The number of aryl methyl sites for hydroxylation is 1. The van der Waals surface area contributed by atoms with Crippen LogP contribution in [0.5, 0.6) is 5.75 Å². The Bertz CT molecular complexity index is 594. The maximum absolute atomic E-state index is 12.1. The van der Waals surface area contributed by atoms with E-state index in [1.54, 1.807) is 13.8 Å². The second kappa shape index (κ2) is 11.7. The summed E-state index contributed by atoms with van der Waals surface area (Å²) in [5, 5.41) is 9.99. The number of allylic oxidation sites excluding steroid dienone is 2. The van der Waals surface area contributed by atoms with Crippen molar-refractivity contribution in [2.24, 2.45) is 5.92 Å². The minimum atomic E-state index is -0.524. The van der Waals surface area contributed by atoms with Gasteiger partial charge in [-0.2, -0.15) is 0 Å². The molecular weight excluding hydrogens is 302 g/mol. The van der Waals surface area contributed by atoms with Crippen molar-refractivity contribution in [3.8, 4) is 5.75 Å². The lowest BCUT2D eigenvalue weighted by atomic mass is 9.88. The molecule has 1 aromatic rings. The molecule has 1 fully saturated rings. The van der Waals surface area contributed by atoms with Crippen molar-refractivity contribution in [3.63, 3.8) is 0 Å². The maximum atomic E-state index is 12.1. The van der Waals surface area contributed by atoms with E-state index in [0.29, 0.717) is 17.2 Å². The number of aromatic nitrogens is 1. The summed E-state index contributed by atoms with van der Waals surface area (Å²) in [6.45, 7) is 11.4. The predicted octanol–water partition coefficient (Wildman–Crippen LogP) is 5.07. The van der Waals surface area contributed by atoms with Gasteiger partial charge in [-0.1, -0.05) is 53.0 Å². The summed E-state index contributed by atoms with van der Waals surface area (Å²) in [5.74, 6) is -0.206. The van der Waals surface area contributed by atoms with Crippen LogP contribution >= 0.6 is 0 Å². The van der Waals surface area contributed by atoms with Gasteiger partial charge >= 0.3 is 0 Å². The van der Waals surface area contributed by atoms with Gasteiger partial charge in [-0.25, -0.2) is 0 Å². The van der Waals surface area contributed by atoms with E-state index in [0.717, 1.165) is 12.8 Å². The van der Waals surface area contributed by atoms with Crippen molar-refractivity contribution in [3.05, 3.63) is 39.3 Å². The highest BCUT2D eigenvalue weighted by Gasteiger charge is 2.18. The topological polar surface area (TPSA) is 70.2 Å². The van der Waals surface area contributed by atoms with E-state index < -0.39 is 11.3 Å². The van der Waals surface area contributed by atoms with Crippen LogP contribution in [0.1, 0.15) is 81.4 Å². The van der Waals surface area contributed by atoms with Gasteiger partial charge in [-0.05, 0) is 38.7 Å². The van der Waals surface area contributed by atoms with Gasteiger partial charge in [0.15, 0.2) is 5.78 Å². The summed E-state index contributed by atoms with van der Waals surface area (Å²) >= 11 is 0. The van der Waals surface area contributed by atoms with E-state index in [2.05, 4.69) is 4.98 Å². The zero-order valence-corrected chi connectivity index (χ0v) is 16.0. The summed E-state index contributed by atoms with van der Waals surface area (Å²) in [6.07, 6.45) is 9.16. The third-order valence-corrected chi connectivity index (χ3v) is 4.10. The molecule has 0 atom stereocenters. The number of aromatic hydroxyl groups is 1. The highest BCUT2D eigenvalue weighted by atomic mass is 16.3. The average molecular weight is 335 g/mol.